The maximum absolute atomic E-state index is 14.2. The van der Waals surface area contributed by atoms with E-state index in [9.17, 15) is 19.6 Å². The van der Waals surface area contributed by atoms with Crippen LogP contribution in [0.15, 0.2) is 35.3 Å². The molecule has 0 aliphatic rings. The molecule has 0 heterocycles. The number of benzene rings is 2. The molecule has 2 aromatic rings. The summed E-state index contributed by atoms with van der Waals surface area (Å²) in [6, 6.07) is 6.36. The van der Waals surface area contributed by atoms with Gasteiger partial charge in [-0.25, -0.2) is 4.39 Å². The van der Waals surface area contributed by atoms with Crippen LogP contribution in [-0.2, 0) is 0 Å². The van der Waals surface area contributed by atoms with Crippen LogP contribution in [-0.4, -0.2) is 41.8 Å². The van der Waals surface area contributed by atoms with Gasteiger partial charge in [-0.15, -0.1) is 0 Å². The van der Waals surface area contributed by atoms with Crippen molar-refractivity contribution in [2.24, 2.45) is 4.99 Å². The van der Waals surface area contributed by atoms with Crippen LogP contribution in [0.5, 0.6) is 5.75 Å². The Morgan fingerprint density at radius 2 is 2.08 bits per heavy atom. The van der Waals surface area contributed by atoms with Gasteiger partial charge in [-0.05, 0) is 32.3 Å². The lowest BCUT2D eigenvalue weighted by atomic mass is 10.1. The van der Waals surface area contributed by atoms with Crippen LogP contribution in [0.1, 0.15) is 17.2 Å². The minimum absolute atomic E-state index is 0.0947. The molecule has 0 amide bonds. The third kappa shape index (κ3) is 4.49. The zero-order valence-corrected chi connectivity index (χ0v) is 15.5. The van der Waals surface area contributed by atoms with Gasteiger partial charge in [0.1, 0.15) is 5.82 Å². The van der Waals surface area contributed by atoms with Crippen molar-refractivity contribution in [3.8, 4) is 5.75 Å². The Morgan fingerprint density at radius 1 is 1.38 bits per heavy atom. The van der Waals surface area contributed by atoms with Crippen LogP contribution < -0.4 is 0 Å². The van der Waals surface area contributed by atoms with E-state index in [4.69, 9.17) is 23.2 Å². The molecule has 26 heavy (non-hydrogen) atoms. The summed E-state index contributed by atoms with van der Waals surface area (Å²) < 4.78 is 14.2. The summed E-state index contributed by atoms with van der Waals surface area (Å²) in [5.74, 6) is -0.985. The van der Waals surface area contributed by atoms with E-state index >= 15 is 0 Å². The number of phenols is 1. The van der Waals surface area contributed by atoms with Crippen LogP contribution >= 0.6 is 23.2 Å². The Hall–Kier alpha value is -2.22. The third-order valence-corrected chi connectivity index (χ3v) is 4.29. The number of nitro groups is 1. The molecule has 0 radical (unpaired) electrons. The molecule has 0 saturated heterocycles. The Balaban J connectivity index is 2.32. The van der Waals surface area contributed by atoms with Crippen molar-refractivity contribution < 1.29 is 14.4 Å². The molecule has 2 aromatic carbocycles. The molecule has 0 aromatic heterocycles. The van der Waals surface area contributed by atoms with Crippen molar-refractivity contribution in [3.05, 3.63) is 67.4 Å². The molecule has 0 fully saturated rings. The first kappa shape index (κ1) is 20.1. The second-order valence-corrected chi connectivity index (χ2v) is 6.57. The van der Waals surface area contributed by atoms with Gasteiger partial charge >= 0.3 is 5.69 Å². The van der Waals surface area contributed by atoms with E-state index in [1.54, 1.807) is 25.1 Å². The fourth-order valence-corrected chi connectivity index (χ4v) is 2.95. The lowest BCUT2D eigenvalue weighted by Crippen LogP contribution is -2.24. The average molecular weight is 400 g/mol. The minimum Gasteiger partial charge on any atom is -0.502 e. The molecule has 138 valence electrons. The van der Waals surface area contributed by atoms with Gasteiger partial charge in [0.05, 0.1) is 17.5 Å². The largest absolute Gasteiger partial charge is 0.502 e. The fourth-order valence-electron chi connectivity index (χ4n) is 2.44. The van der Waals surface area contributed by atoms with E-state index < -0.39 is 28.2 Å². The van der Waals surface area contributed by atoms with Crippen molar-refractivity contribution in [1.29, 1.82) is 0 Å². The minimum atomic E-state index is -0.736. The van der Waals surface area contributed by atoms with Gasteiger partial charge in [0.15, 0.2) is 0 Å². The molecule has 0 aliphatic heterocycles. The highest BCUT2D eigenvalue weighted by atomic mass is 35.5. The maximum Gasteiger partial charge on any atom is 0.312 e. The molecule has 1 atom stereocenters. The molecular formula is C17H16Cl2FN3O3. The number of nitrogens with zero attached hydrogens (tertiary/aromatic N) is 3. The number of phenolic OH excluding ortho intramolecular Hbond substituents is 1. The first-order chi connectivity index (χ1) is 12.2. The van der Waals surface area contributed by atoms with Crippen molar-refractivity contribution in [1.82, 2.24) is 4.90 Å². The van der Waals surface area contributed by atoms with Gasteiger partial charge in [0.2, 0.25) is 5.75 Å². The van der Waals surface area contributed by atoms with Crippen molar-refractivity contribution in [3.63, 3.8) is 0 Å². The highest BCUT2D eigenvalue weighted by Gasteiger charge is 2.21. The van der Waals surface area contributed by atoms with Crippen molar-refractivity contribution in [2.75, 3.05) is 20.6 Å². The van der Waals surface area contributed by atoms with Crippen LogP contribution in [0.4, 0.5) is 10.1 Å². The van der Waals surface area contributed by atoms with E-state index in [-0.39, 0.29) is 22.2 Å². The predicted molar refractivity (Wildman–Crippen MR) is 100 cm³/mol. The number of hydrogen-bond donors (Lipinski definition) is 1. The smallest absolute Gasteiger partial charge is 0.312 e. The average Bonchev–Trinajstić information content (AvgIpc) is 2.55. The molecule has 0 unspecified atom stereocenters. The lowest BCUT2D eigenvalue weighted by Gasteiger charge is -2.24. The van der Waals surface area contributed by atoms with E-state index in [1.807, 2.05) is 0 Å². The molecule has 9 heteroatoms. The van der Waals surface area contributed by atoms with Crippen LogP contribution in [0.3, 0.4) is 0 Å². The number of likely N-dealkylation sites (N-methyl/N-ethyl adjacent to an activating group) is 1. The maximum atomic E-state index is 14.2. The number of halogens is 3. The third-order valence-electron chi connectivity index (χ3n) is 3.75. The van der Waals surface area contributed by atoms with E-state index in [1.165, 1.54) is 24.4 Å². The second kappa shape index (κ2) is 8.44. The van der Waals surface area contributed by atoms with Crippen LogP contribution in [0.2, 0.25) is 10.0 Å². The predicted octanol–water partition coefficient (Wildman–Crippen LogP) is 4.47. The van der Waals surface area contributed by atoms with Crippen molar-refractivity contribution in [2.45, 2.75) is 6.04 Å². The molecule has 0 saturated carbocycles. The zero-order chi connectivity index (χ0) is 19.4. The van der Waals surface area contributed by atoms with Gasteiger partial charge < -0.3 is 10.0 Å². The topological polar surface area (TPSA) is 79.0 Å². The number of hydrogen-bond acceptors (Lipinski definition) is 5. The molecular weight excluding hydrogens is 384 g/mol. The van der Waals surface area contributed by atoms with E-state index in [0.29, 0.717) is 5.56 Å². The summed E-state index contributed by atoms with van der Waals surface area (Å²) in [4.78, 5) is 16.1. The molecule has 0 spiro atoms. The van der Waals surface area contributed by atoms with Gasteiger partial charge in [-0.1, -0.05) is 29.3 Å². The zero-order valence-electron chi connectivity index (χ0n) is 14.0. The summed E-state index contributed by atoms with van der Waals surface area (Å²) in [5.41, 5.74) is -0.112. The number of nitro benzene ring substituents is 1. The molecule has 0 aliphatic carbocycles. The Labute approximate surface area is 159 Å². The second-order valence-electron chi connectivity index (χ2n) is 5.73. The van der Waals surface area contributed by atoms with Crippen LogP contribution in [0, 0.1) is 15.9 Å². The van der Waals surface area contributed by atoms with Crippen molar-refractivity contribution >= 4 is 35.1 Å². The van der Waals surface area contributed by atoms with Gasteiger partial charge in [-0.2, -0.15) is 0 Å². The first-order valence-corrected chi connectivity index (χ1v) is 8.25. The Bertz CT molecular complexity index is 839. The van der Waals surface area contributed by atoms with E-state index in [2.05, 4.69) is 4.99 Å². The van der Waals surface area contributed by atoms with Crippen LogP contribution in [0.25, 0.3) is 0 Å². The van der Waals surface area contributed by atoms with Gasteiger partial charge in [0, 0.05) is 33.5 Å². The normalized spacial score (nSPS) is 12.7. The Morgan fingerprint density at radius 3 is 2.65 bits per heavy atom. The summed E-state index contributed by atoms with van der Waals surface area (Å²) in [7, 11) is 3.51. The van der Waals surface area contributed by atoms with Gasteiger partial charge in [0.25, 0.3) is 0 Å². The lowest BCUT2D eigenvalue weighted by molar-refractivity contribution is -0.385. The monoisotopic (exact) mass is 399 g/mol. The number of aromatic hydroxyl groups is 1. The Kier molecular flexibility index (Phi) is 6.52. The summed E-state index contributed by atoms with van der Waals surface area (Å²) in [6.07, 6.45) is 1.26. The summed E-state index contributed by atoms with van der Waals surface area (Å²) in [5, 5.41) is 21.3. The first-order valence-electron chi connectivity index (χ1n) is 7.49. The number of rotatable bonds is 6. The molecule has 1 N–H and O–H groups in total. The van der Waals surface area contributed by atoms with E-state index in [0.717, 1.165) is 6.07 Å². The summed E-state index contributed by atoms with van der Waals surface area (Å²) in [6.45, 7) is 0.118. The summed E-state index contributed by atoms with van der Waals surface area (Å²) >= 11 is 12.0. The molecule has 2 rings (SSSR count). The van der Waals surface area contributed by atoms with Gasteiger partial charge in [-0.3, -0.25) is 15.1 Å². The molecule has 0 bridgehead atoms. The standard InChI is InChI=1S/C17H16Cl2FN3O3/c1-22(2)15(16-12(19)4-3-5-13(16)20)9-21-8-10-6-11(18)7-14(17(10)24)23(25)26/h3-8,15,24H,9H2,1-2H3/t15-/m0/s1. The highest BCUT2D eigenvalue weighted by Crippen LogP contribution is 2.33. The molecule has 6 nitrogen and oxygen atoms in total. The quantitative estimate of drug-likeness (QED) is 0.441. The number of aliphatic imine (C=N–C) groups is 1. The fraction of sp³-hybridized carbons (Fsp3) is 0.235. The SMILES string of the molecule is CN(C)[C@@H](CN=Cc1cc(Cl)cc([N+](=O)[O-])c1O)c1c(F)cccc1Cl. The highest BCUT2D eigenvalue weighted by molar-refractivity contribution is 6.31.